The monoisotopic (exact) mass is 432 g/mol. The van der Waals surface area contributed by atoms with Crippen LogP contribution in [0.5, 0.6) is 5.75 Å². The Morgan fingerprint density at radius 3 is 2.68 bits per heavy atom. The summed E-state index contributed by atoms with van der Waals surface area (Å²) in [4.78, 5) is 17.1. The van der Waals surface area contributed by atoms with E-state index in [2.05, 4.69) is 73.0 Å². The van der Waals surface area contributed by atoms with Gasteiger partial charge < -0.3 is 15.0 Å². The lowest BCUT2D eigenvalue weighted by atomic mass is 9.96. The van der Waals surface area contributed by atoms with E-state index in [1.165, 1.54) is 27.0 Å². The molecule has 4 nitrogen and oxygen atoms in total. The number of thiophene rings is 1. The number of aryl methyl sites for hydroxylation is 1. The number of benzene rings is 2. The van der Waals surface area contributed by atoms with Gasteiger partial charge in [0.2, 0.25) is 0 Å². The van der Waals surface area contributed by atoms with Crippen LogP contribution in [0.25, 0.3) is 10.9 Å². The summed E-state index contributed by atoms with van der Waals surface area (Å²) in [5, 5.41) is 6.33. The predicted molar refractivity (Wildman–Crippen MR) is 128 cm³/mol. The second kappa shape index (κ2) is 9.40. The molecule has 0 unspecified atom stereocenters. The zero-order valence-electron chi connectivity index (χ0n) is 18.1. The van der Waals surface area contributed by atoms with Gasteiger partial charge in [-0.2, -0.15) is 0 Å². The zero-order valence-corrected chi connectivity index (χ0v) is 19.0. The molecule has 0 spiro atoms. The van der Waals surface area contributed by atoms with E-state index in [9.17, 15) is 4.79 Å². The molecule has 1 amide bonds. The van der Waals surface area contributed by atoms with Crippen molar-refractivity contribution in [2.45, 2.75) is 32.6 Å². The normalized spacial score (nSPS) is 12.3. The van der Waals surface area contributed by atoms with Crippen molar-refractivity contribution in [3.8, 4) is 5.75 Å². The quantitative estimate of drug-likeness (QED) is 0.359. The average molecular weight is 433 g/mol. The number of rotatable bonds is 8. The van der Waals surface area contributed by atoms with Crippen LogP contribution in [0.15, 0.2) is 66.2 Å². The number of aromatic amines is 1. The fourth-order valence-electron chi connectivity index (χ4n) is 4.04. The second-order valence-electron chi connectivity index (χ2n) is 8.12. The van der Waals surface area contributed by atoms with E-state index >= 15 is 0 Å². The Morgan fingerprint density at radius 2 is 1.94 bits per heavy atom. The first-order valence-corrected chi connectivity index (χ1v) is 11.5. The molecule has 2 aromatic carbocycles. The number of H-pyrrole nitrogens is 1. The van der Waals surface area contributed by atoms with E-state index in [1.54, 1.807) is 11.3 Å². The van der Waals surface area contributed by atoms with Gasteiger partial charge in [0.1, 0.15) is 5.75 Å². The lowest BCUT2D eigenvalue weighted by molar-refractivity contribution is -0.123. The van der Waals surface area contributed by atoms with Gasteiger partial charge in [0, 0.05) is 34.4 Å². The van der Waals surface area contributed by atoms with E-state index in [1.807, 2.05) is 24.3 Å². The Morgan fingerprint density at radius 1 is 1.10 bits per heavy atom. The Labute approximate surface area is 187 Å². The van der Waals surface area contributed by atoms with Crippen molar-refractivity contribution in [2.75, 3.05) is 13.2 Å². The Hall–Kier alpha value is -3.05. The van der Waals surface area contributed by atoms with E-state index < -0.39 is 0 Å². The summed E-state index contributed by atoms with van der Waals surface area (Å²) in [7, 11) is 0. The van der Waals surface area contributed by atoms with Crippen molar-refractivity contribution in [2.24, 2.45) is 0 Å². The maximum Gasteiger partial charge on any atom is 0.257 e. The van der Waals surface area contributed by atoms with Crippen molar-refractivity contribution < 1.29 is 9.53 Å². The van der Waals surface area contributed by atoms with Crippen LogP contribution in [0, 0.1) is 6.92 Å². The zero-order chi connectivity index (χ0) is 21.8. The van der Waals surface area contributed by atoms with Crippen LogP contribution in [0.4, 0.5) is 0 Å². The number of amides is 1. The molecule has 2 heterocycles. The number of fused-ring (bicyclic) bond motifs is 1. The predicted octanol–water partition coefficient (Wildman–Crippen LogP) is 5.99. The van der Waals surface area contributed by atoms with Crippen LogP contribution in [0.1, 0.15) is 47.3 Å². The van der Waals surface area contributed by atoms with Gasteiger partial charge in [0.25, 0.3) is 5.91 Å². The molecule has 31 heavy (non-hydrogen) atoms. The summed E-state index contributed by atoms with van der Waals surface area (Å²) in [5.41, 5.74) is 4.78. The SMILES string of the molecule is Cc1cc(OCC(=O)NC[C@@H](c2cccs2)c2c[nH]c3ccccc23)ccc1C(C)C. The summed E-state index contributed by atoms with van der Waals surface area (Å²) in [6.07, 6.45) is 2.05. The van der Waals surface area contributed by atoms with Crippen molar-refractivity contribution in [3.63, 3.8) is 0 Å². The standard InChI is InChI=1S/C26H28N2O2S/c1-17(2)20-11-10-19(13-18(20)3)30-16-26(29)28-15-23(25-9-6-12-31-25)22-14-27-24-8-5-4-7-21(22)24/h4-14,17,23,27H,15-16H2,1-3H3,(H,28,29)/t23-/m1/s1. The molecule has 0 aliphatic carbocycles. The van der Waals surface area contributed by atoms with Crippen molar-refractivity contribution in [1.29, 1.82) is 0 Å². The molecule has 0 aliphatic heterocycles. The van der Waals surface area contributed by atoms with Crippen LogP contribution in [0.2, 0.25) is 0 Å². The molecule has 2 aromatic heterocycles. The third-order valence-corrected chi connectivity index (χ3v) is 6.61. The third-order valence-electron chi connectivity index (χ3n) is 5.62. The maximum absolute atomic E-state index is 12.5. The summed E-state index contributed by atoms with van der Waals surface area (Å²) >= 11 is 1.71. The molecule has 4 aromatic rings. The summed E-state index contributed by atoms with van der Waals surface area (Å²) < 4.78 is 5.75. The molecule has 0 fully saturated rings. The number of nitrogens with one attached hydrogen (secondary N) is 2. The highest BCUT2D eigenvalue weighted by atomic mass is 32.1. The molecular weight excluding hydrogens is 404 g/mol. The largest absolute Gasteiger partial charge is 0.484 e. The average Bonchev–Trinajstić information content (AvgIpc) is 3.43. The van der Waals surface area contributed by atoms with Crippen molar-refractivity contribution in [1.82, 2.24) is 10.3 Å². The number of hydrogen-bond donors (Lipinski definition) is 2. The minimum Gasteiger partial charge on any atom is -0.484 e. The molecule has 5 heteroatoms. The highest BCUT2D eigenvalue weighted by Gasteiger charge is 2.20. The van der Waals surface area contributed by atoms with Crippen LogP contribution < -0.4 is 10.1 Å². The Balaban J connectivity index is 1.42. The number of ether oxygens (including phenoxy) is 1. The van der Waals surface area contributed by atoms with Gasteiger partial charge in [-0.15, -0.1) is 11.3 Å². The minimum atomic E-state index is -0.119. The number of carbonyl (C=O) groups is 1. The molecule has 0 radical (unpaired) electrons. The maximum atomic E-state index is 12.5. The number of hydrogen-bond acceptors (Lipinski definition) is 3. The fourth-order valence-corrected chi connectivity index (χ4v) is 4.88. The van der Waals surface area contributed by atoms with Gasteiger partial charge in [-0.1, -0.05) is 44.2 Å². The molecule has 0 saturated carbocycles. The van der Waals surface area contributed by atoms with Crippen LogP contribution in [-0.2, 0) is 4.79 Å². The Bertz CT molecular complexity index is 1160. The van der Waals surface area contributed by atoms with Gasteiger partial charge >= 0.3 is 0 Å². The second-order valence-corrected chi connectivity index (χ2v) is 9.10. The van der Waals surface area contributed by atoms with Gasteiger partial charge in [-0.25, -0.2) is 0 Å². The first kappa shape index (κ1) is 21.2. The summed E-state index contributed by atoms with van der Waals surface area (Å²) in [6, 6.07) is 18.5. The van der Waals surface area contributed by atoms with Crippen LogP contribution >= 0.6 is 11.3 Å². The first-order chi connectivity index (χ1) is 15.0. The van der Waals surface area contributed by atoms with Crippen LogP contribution in [0.3, 0.4) is 0 Å². The van der Waals surface area contributed by atoms with E-state index in [4.69, 9.17) is 4.74 Å². The fraction of sp³-hybridized carbons (Fsp3) is 0.269. The number of carbonyl (C=O) groups excluding carboxylic acids is 1. The third kappa shape index (κ3) is 4.83. The molecule has 1 atom stereocenters. The lowest BCUT2D eigenvalue weighted by Gasteiger charge is -2.17. The van der Waals surface area contributed by atoms with Gasteiger partial charge in [0.15, 0.2) is 6.61 Å². The Kier molecular flexibility index (Phi) is 6.42. The highest BCUT2D eigenvalue weighted by molar-refractivity contribution is 7.10. The molecule has 2 N–H and O–H groups in total. The minimum absolute atomic E-state index is 0.00547. The molecule has 0 saturated heterocycles. The first-order valence-electron chi connectivity index (χ1n) is 10.6. The molecule has 0 bridgehead atoms. The van der Waals surface area contributed by atoms with Gasteiger partial charge in [0.05, 0.1) is 0 Å². The smallest absolute Gasteiger partial charge is 0.257 e. The van der Waals surface area contributed by atoms with Gasteiger partial charge in [-0.3, -0.25) is 4.79 Å². The molecule has 4 rings (SSSR count). The molecule has 0 aliphatic rings. The summed E-state index contributed by atoms with van der Waals surface area (Å²) in [5.74, 6) is 1.17. The van der Waals surface area contributed by atoms with E-state index in [0.29, 0.717) is 12.5 Å². The number of aromatic nitrogens is 1. The lowest BCUT2D eigenvalue weighted by Crippen LogP contribution is -2.32. The number of para-hydroxylation sites is 1. The molecule has 160 valence electrons. The van der Waals surface area contributed by atoms with Crippen molar-refractivity contribution in [3.05, 3.63) is 87.7 Å². The van der Waals surface area contributed by atoms with E-state index in [-0.39, 0.29) is 18.4 Å². The highest BCUT2D eigenvalue weighted by Crippen LogP contribution is 2.32. The summed E-state index contributed by atoms with van der Waals surface area (Å²) in [6.45, 7) is 6.96. The van der Waals surface area contributed by atoms with E-state index in [0.717, 1.165) is 11.3 Å². The topological polar surface area (TPSA) is 54.1 Å². The van der Waals surface area contributed by atoms with Crippen LogP contribution in [-0.4, -0.2) is 24.0 Å². The van der Waals surface area contributed by atoms with Crippen molar-refractivity contribution >= 4 is 28.1 Å². The van der Waals surface area contributed by atoms with Gasteiger partial charge in [-0.05, 0) is 59.2 Å². The molecular formula is C26H28N2O2S.